The molecule has 0 amide bonds. The first kappa shape index (κ1) is 21.3. The third-order valence-electron chi connectivity index (χ3n) is 4.64. The molecule has 0 bridgehead atoms. The molecule has 0 aliphatic carbocycles. The van der Waals surface area contributed by atoms with E-state index in [0.29, 0.717) is 19.4 Å². The van der Waals surface area contributed by atoms with Crippen molar-refractivity contribution in [3.63, 3.8) is 0 Å². The fourth-order valence-corrected chi connectivity index (χ4v) is 3.41. The molecule has 0 saturated carbocycles. The number of carbonyl (C=O) groups excluding carboxylic acids is 2. The first-order valence-electron chi connectivity index (χ1n) is 8.18. The molecule has 130 valence electrons. The summed E-state index contributed by atoms with van der Waals surface area (Å²) in [7, 11) is -2.00. The summed E-state index contributed by atoms with van der Waals surface area (Å²) in [6, 6.07) is 0. The second-order valence-corrected chi connectivity index (χ2v) is 12.7. The number of carbonyl (C=O) groups is 2. The monoisotopic (exact) mass is 330 g/mol. The first-order chi connectivity index (χ1) is 9.90. The smallest absolute Gasteiger partial charge is 0.314 e. The molecule has 4 nitrogen and oxygen atoms in total. The van der Waals surface area contributed by atoms with Crippen LogP contribution in [0.5, 0.6) is 0 Å². The Morgan fingerprint density at radius 3 is 2.14 bits per heavy atom. The van der Waals surface area contributed by atoms with E-state index in [4.69, 9.17) is 9.16 Å². The van der Waals surface area contributed by atoms with Crippen molar-refractivity contribution in [1.82, 2.24) is 0 Å². The quantitative estimate of drug-likeness (QED) is 0.273. The van der Waals surface area contributed by atoms with Crippen molar-refractivity contribution in [3.05, 3.63) is 0 Å². The lowest BCUT2D eigenvalue weighted by atomic mass is 9.84. The minimum Gasteiger partial charge on any atom is -0.466 e. The summed E-state index contributed by atoms with van der Waals surface area (Å²) in [5.74, 6) is -0.232. The molecule has 0 radical (unpaired) electrons. The van der Waals surface area contributed by atoms with Crippen molar-refractivity contribution in [2.75, 3.05) is 6.61 Å². The third-order valence-corrected chi connectivity index (χ3v) is 9.12. The van der Waals surface area contributed by atoms with Crippen LogP contribution in [-0.4, -0.2) is 33.3 Å². The summed E-state index contributed by atoms with van der Waals surface area (Å²) < 4.78 is 11.7. The van der Waals surface area contributed by atoms with E-state index >= 15 is 0 Å². The average molecular weight is 331 g/mol. The molecule has 0 aromatic carbocycles. The molecule has 0 unspecified atom stereocenters. The predicted octanol–water partition coefficient (Wildman–Crippen LogP) is 4.34. The van der Waals surface area contributed by atoms with Crippen LogP contribution in [0.25, 0.3) is 0 Å². The summed E-state index contributed by atoms with van der Waals surface area (Å²) in [6.07, 6.45) is 2.60. The Balaban J connectivity index is 5.27. The third kappa shape index (κ3) is 5.84. The van der Waals surface area contributed by atoms with Crippen LogP contribution in [0.1, 0.15) is 60.8 Å². The van der Waals surface area contributed by atoms with Crippen molar-refractivity contribution < 1.29 is 18.8 Å². The van der Waals surface area contributed by atoms with Gasteiger partial charge in [-0.15, -0.1) is 0 Å². The molecule has 0 rings (SSSR count). The number of rotatable bonds is 9. The van der Waals surface area contributed by atoms with Crippen LogP contribution >= 0.6 is 0 Å². The zero-order chi connectivity index (χ0) is 17.6. The zero-order valence-corrected chi connectivity index (χ0v) is 16.6. The first-order valence-corrected chi connectivity index (χ1v) is 11.1. The molecule has 1 atom stereocenters. The topological polar surface area (TPSA) is 52.6 Å². The van der Waals surface area contributed by atoms with Gasteiger partial charge in [0.1, 0.15) is 6.29 Å². The van der Waals surface area contributed by atoms with Crippen LogP contribution in [0.15, 0.2) is 0 Å². The molecule has 0 saturated heterocycles. The van der Waals surface area contributed by atoms with Crippen molar-refractivity contribution in [2.24, 2.45) is 5.41 Å². The van der Waals surface area contributed by atoms with Crippen LogP contribution in [0, 0.1) is 5.41 Å². The van der Waals surface area contributed by atoms with Gasteiger partial charge in [0.15, 0.2) is 8.32 Å². The molecule has 22 heavy (non-hydrogen) atoms. The second-order valence-electron chi connectivity index (χ2n) is 7.91. The number of unbranched alkanes of at least 4 members (excludes halogenated alkanes) is 1. The van der Waals surface area contributed by atoms with E-state index in [1.165, 1.54) is 0 Å². The van der Waals surface area contributed by atoms with Crippen molar-refractivity contribution in [1.29, 1.82) is 0 Å². The van der Waals surface area contributed by atoms with Gasteiger partial charge in [-0.1, -0.05) is 20.8 Å². The summed E-state index contributed by atoms with van der Waals surface area (Å²) in [5, 5.41) is 0.0701. The Kier molecular flexibility index (Phi) is 7.99. The van der Waals surface area contributed by atoms with E-state index in [1.54, 1.807) is 0 Å². The molecule has 0 spiro atoms. The minimum absolute atomic E-state index is 0.0701. The van der Waals surface area contributed by atoms with E-state index in [-0.39, 0.29) is 17.1 Å². The molecule has 0 aliphatic heterocycles. The van der Waals surface area contributed by atoms with Gasteiger partial charge >= 0.3 is 5.97 Å². The standard InChI is InChI=1S/C17H34O4Si/c1-9-20-15(19)17(5,6)14(12-10-11-13-18)21-22(7,8)16(2,3)4/h13-14H,9-12H2,1-8H3/t14-/m1/s1. The van der Waals surface area contributed by atoms with Gasteiger partial charge in [0.2, 0.25) is 0 Å². The Labute approximate surface area is 137 Å². The van der Waals surface area contributed by atoms with E-state index in [1.807, 2.05) is 20.8 Å². The number of hydrogen-bond acceptors (Lipinski definition) is 4. The Morgan fingerprint density at radius 1 is 1.18 bits per heavy atom. The second kappa shape index (κ2) is 8.25. The fraction of sp³-hybridized carbons (Fsp3) is 0.882. The molecule has 0 aromatic heterocycles. The molecule has 0 fully saturated rings. The molecular weight excluding hydrogens is 296 g/mol. The minimum atomic E-state index is -2.00. The highest BCUT2D eigenvalue weighted by Crippen LogP contribution is 2.41. The van der Waals surface area contributed by atoms with Crippen molar-refractivity contribution in [2.45, 2.75) is 85.0 Å². The van der Waals surface area contributed by atoms with Gasteiger partial charge in [0.25, 0.3) is 0 Å². The van der Waals surface area contributed by atoms with Gasteiger partial charge in [-0.25, -0.2) is 0 Å². The van der Waals surface area contributed by atoms with Gasteiger partial charge in [-0.05, 0) is 51.7 Å². The van der Waals surface area contributed by atoms with Crippen molar-refractivity contribution in [3.8, 4) is 0 Å². The average Bonchev–Trinajstić information content (AvgIpc) is 2.36. The van der Waals surface area contributed by atoms with Crippen LogP contribution in [0.4, 0.5) is 0 Å². The number of ether oxygens (including phenoxy) is 1. The highest BCUT2D eigenvalue weighted by atomic mass is 28.4. The largest absolute Gasteiger partial charge is 0.466 e. The van der Waals surface area contributed by atoms with E-state index in [9.17, 15) is 9.59 Å². The van der Waals surface area contributed by atoms with E-state index < -0.39 is 13.7 Å². The number of esters is 1. The lowest BCUT2D eigenvalue weighted by Crippen LogP contribution is -2.50. The lowest BCUT2D eigenvalue weighted by Gasteiger charge is -2.43. The van der Waals surface area contributed by atoms with Gasteiger partial charge in [-0.2, -0.15) is 0 Å². The van der Waals surface area contributed by atoms with Gasteiger partial charge < -0.3 is 14.0 Å². The molecule has 5 heteroatoms. The predicted molar refractivity (Wildman–Crippen MR) is 92.4 cm³/mol. The molecule has 0 heterocycles. The lowest BCUT2D eigenvalue weighted by molar-refractivity contribution is -0.159. The summed E-state index contributed by atoms with van der Waals surface area (Å²) >= 11 is 0. The summed E-state index contributed by atoms with van der Waals surface area (Å²) in [5.41, 5.74) is -0.714. The summed E-state index contributed by atoms with van der Waals surface area (Å²) in [4.78, 5) is 22.9. The van der Waals surface area contributed by atoms with Gasteiger partial charge in [-0.3, -0.25) is 4.79 Å². The summed E-state index contributed by atoms with van der Waals surface area (Å²) in [6.45, 7) is 16.8. The molecule has 0 N–H and O–H groups in total. The normalized spacial score (nSPS) is 14.5. The SMILES string of the molecule is CCOC(=O)C(C)(C)[C@@H](CCCC=O)O[Si](C)(C)C(C)(C)C. The number of hydrogen-bond donors (Lipinski definition) is 0. The highest BCUT2D eigenvalue weighted by molar-refractivity contribution is 6.74. The Morgan fingerprint density at radius 2 is 1.73 bits per heavy atom. The van der Waals surface area contributed by atoms with E-state index in [0.717, 1.165) is 12.7 Å². The van der Waals surface area contributed by atoms with Gasteiger partial charge in [0.05, 0.1) is 18.1 Å². The van der Waals surface area contributed by atoms with Gasteiger partial charge in [0, 0.05) is 6.42 Å². The van der Waals surface area contributed by atoms with Crippen LogP contribution in [0.2, 0.25) is 18.1 Å². The molecular formula is C17H34O4Si. The Bertz CT molecular complexity index is 369. The Hall–Kier alpha value is -0.683. The van der Waals surface area contributed by atoms with Crippen molar-refractivity contribution >= 4 is 20.6 Å². The zero-order valence-electron chi connectivity index (χ0n) is 15.6. The molecule has 0 aromatic rings. The number of aldehydes is 1. The highest BCUT2D eigenvalue weighted by Gasteiger charge is 2.45. The molecule has 0 aliphatic rings. The van der Waals surface area contributed by atoms with Crippen LogP contribution in [-0.2, 0) is 18.8 Å². The van der Waals surface area contributed by atoms with Crippen LogP contribution < -0.4 is 0 Å². The fourth-order valence-electron chi connectivity index (χ4n) is 1.93. The maximum atomic E-state index is 12.3. The maximum Gasteiger partial charge on any atom is 0.314 e. The van der Waals surface area contributed by atoms with Crippen LogP contribution in [0.3, 0.4) is 0 Å². The van der Waals surface area contributed by atoms with E-state index in [2.05, 4.69) is 33.9 Å². The maximum absolute atomic E-state index is 12.3.